The van der Waals surface area contributed by atoms with Crippen molar-refractivity contribution in [2.45, 2.75) is 46.1 Å². The Hall–Kier alpha value is -2.34. The summed E-state index contributed by atoms with van der Waals surface area (Å²) in [5.41, 5.74) is 2.39. The van der Waals surface area contributed by atoms with E-state index in [2.05, 4.69) is 15.4 Å². The average Bonchev–Trinajstić information content (AvgIpc) is 2.87. The lowest BCUT2D eigenvalue weighted by Crippen LogP contribution is -2.35. The summed E-state index contributed by atoms with van der Waals surface area (Å²) < 4.78 is 11.0. The molecule has 0 radical (unpaired) electrons. The molecule has 2 aromatic rings. The van der Waals surface area contributed by atoms with Gasteiger partial charge in [-0.1, -0.05) is 24.1 Å². The number of aromatic nitrogens is 1. The fourth-order valence-electron chi connectivity index (χ4n) is 3.38. The molecule has 1 aromatic heterocycles. The normalized spacial score (nSPS) is 15.3. The molecule has 0 bridgehead atoms. The van der Waals surface area contributed by atoms with Crippen molar-refractivity contribution in [2.24, 2.45) is 0 Å². The number of nitrogens with one attached hydrogen (secondary N) is 1. The van der Waals surface area contributed by atoms with Crippen LogP contribution in [0.5, 0.6) is 5.75 Å². The van der Waals surface area contributed by atoms with E-state index in [0.29, 0.717) is 24.5 Å². The third-order valence-electron chi connectivity index (χ3n) is 5.07. The predicted molar refractivity (Wildman–Crippen MR) is 104 cm³/mol. The minimum absolute atomic E-state index is 0.0624. The molecule has 146 valence electrons. The van der Waals surface area contributed by atoms with Crippen molar-refractivity contribution in [2.75, 3.05) is 26.2 Å². The standard InChI is InChI=1S/C21H29N3O3/c1-16-20(17(2)27-23-16)15-26-19-9-7-8-18(14-19)21(25)22-10-13-24-11-5-3-4-6-12-24/h7-9,14H,3-6,10-13,15H2,1-2H3,(H,22,25). The molecule has 0 aliphatic carbocycles. The summed E-state index contributed by atoms with van der Waals surface area (Å²) in [5, 5.41) is 6.95. The first-order chi connectivity index (χ1) is 13.1. The molecule has 1 amide bonds. The van der Waals surface area contributed by atoms with Gasteiger partial charge in [-0.25, -0.2) is 0 Å². The summed E-state index contributed by atoms with van der Waals surface area (Å²) in [7, 11) is 0. The molecule has 0 unspecified atom stereocenters. The molecule has 27 heavy (non-hydrogen) atoms. The van der Waals surface area contributed by atoms with Gasteiger partial charge in [0.15, 0.2) is 0 Å². The SMILES string of the molecule is Cc1noc(C)c1COc1cccc(C(=O)NCCN2CCCCCC2)c1. The first-order valence-electron chi connectivity index (χ1n) is 9.78. The second-order valence-electron chi connectivity index (χ2n) is 7.13. The van der Waals surface area contributed by atoms with E-state index < -0.39 is 0 Å². The quantitative estimate of drug-likeness (QED) is 0.807. The molecular formula is C21H29N3O3. The smallest absolute Gasteiger partial charge is 0.251 e. The van der Waals surface area contributed by atoms with Gasteiger partial charge in [0.2, 0.25) is 0 Å². The summed E-state index contributed by atoms with van der Waals surface area (Å²) in [6, 6.07) is 7.28. The lowest BCUT2D eigenvalue weighted by atomic mass is 10.2. The zero-order valence-corrected chi connectivity index (χ0v) is 16.3. The van der Waals surface area contributed by atoms with Crippen LogP contribution in [0.15, 0.2) is 28.8 Å². The predicted octanol–water partition coefficient (Wildman–Crippen LogP) is 3.48. The minimum Gasteiger partial charge on any atom is -0.489 e. The highest BCUT2D eigenvalue weighted by Crippen LogP contribution is 2.18. The van der Waals surface area contributed by atoms with E-state index >= 15 is 0 Å². The first kappa shape index (κ1) is 19.4. The molecule has 1 aliphatic rings. The molecule has 2 heterocycles. The minimum atomic E-state index is -0.0624. The molecule has 1 aliphatic heterocycles. The van der Waals surface area contributed by atoms with Crippen LogP contribution in [0.3, 0.4) is 0 Å². The average molecular weight is 371 g/mol. The molecule has 3 rings (SSSR count). The lowest BCUT2D eigenvalue weighted by molar-refractivity contribution is 0.0948. The van der Waals surface area contributed by atoms with Crippen LogP contribution in [0.1, 0.15) is 53.1 Å². The molecule has 1 N–H and O–H groups in total. The maximum Gasteiger partial charge on any atom is 0.251 e. The fourth-order valence-corrected chi connectivity index (χ4v) is 3.38. The fraction of sp³-hybridized carbons (Fsp3) is 0.524. The zero-order valence-electron chi connectivity index (χ0n) is 16.3. The number of hydrogen-bond donors (Lipinski definition) is 1. The van der Waals surface area contributed by atoms with E-state index in [4.69, 9.17) is 9.26 Å². The highest BCUT2D eigenvalue weighted by atomic mass is 16.5. The Labute approximate surface area is 160 Å². The largest absolute Gasteiger partial charge is 0.489 e. The Bertz CT molecular complexity index is 729. The zero-order chi connectivity index (χ0) is 19.1. The lowest BCUT2D eigenvalue weighted by Gasteiger charge is -2.19. The van der Waals surface area contributed by atoms with Gasteiger partial charge in [0.1, 0.15) is 18.1 Å². The van der Waals surface area contributed by atoms with Crippen molar-refractivity contribution < 1.29 is 14.1 Å². The number of nitrogens with zero attached hydrogens (tertiary/aromatic N) is 2. The van der Waals surface area contributed by atoms with Gasteiger partial charge in [-0.2, -0.15) is 0 Å². The van der Waals surface area contributed by atoms with Crippen molar-refractivity contribution in [3.63, 3.8) is 0 Å². The van der Waals surface area contributed by atoms with E-state index in [1.807, 2.05) is 32.0 Å². The summed E-state index contributed by atoms with van der Waals surface area (Å²) in [6.45, 7) is 8.00. The van der Waals surface area contributed by atoms with Crippen LogP contribution in [-0.4, -0.2) is 42.1 Å². The number of amides is 1. The van der Waals surface area contributed by atoms with Crippen LogP contribution in [0.2, 0.25) is 0 Å². The van der Waals surface area contributed by atoms with Crippen LogP contribution >= 0.6 is 0 Å². The summed E-state index contributed by atoms with van der Waals surface area (Å²) in [6.07, 6.45) is 5.17. The molecule has 1 aromatic carbocycles. The van der Waals surface area contributed by atoms with Crippen molar-refractivity contribution in [1.29, 1.82) is 0 Å². The Kier molecular flexibility index (Phi) is 6.87. The number of ether oxygens (including phenoxy) is 1. The monoisotopic (exact) mass is 371 g/mol. The van der Waals surface area contributed by atoms with Gasteiger partial charge in [0.25, 0.3) is 5.91 Å². The van der Waals surface area contributed by atoms with E-state index in [0.717, 1.165) is 36.7 Å². The maximum absolute atomic E-state index is 12.4. The van der Waals surface area contributed by atoms with Crippen molar-refractivity contribution >= 4 is 5.91 Å². The third-order valence-corrected chi connectivity index (χ3v) is 5.07. The maximum atomic E-state index is 12.4. The topological polar surface area (TPSA) is 67.6 Å². The van der Waals surface area contributed by atoms with Crippen LogP contribution in [0.25, 0.3) is 0 Å². The summed E-state index contributed by atoms with van der Waals surface area (Å²) >= 11 is 0. The first-order valence-corrected chi connectivity index (χ1v) is 9.78. The Morgan fingerprint density at radius 3 is 2.70 bits per heavy atom. The van der Waals surface area contributed by atoms with Crippen molar-refractivity contribution in [3.8, 4) is 5.75 Å². The van der Waals surface area contributed by atoms with E-state index in [9.17, 15) is 4.79 Å². The summed E-state index contributed by atoms with van der Waals surface area (Å²) in [5.74, 6) is 1.36. The molecule has 6 nitrogen and oxygen atoms in total. The molecule has 0 saturated carbocycles. The molecule has 6 heteroatoms. The number of rotatable bonds is 7. The highest BCUT2D eigenvalue weighted by Gasteiger charge is 2.12. The number of carbonyl (C=O) groups is 1. The number of benzene rings is 1. The van der Waals surface area contributed by atoms with Gasteiger partial charge >= 0.3 is 0 Å². The van der Waals surface area contributed by atoms with Crippen molar-refractivity contribution in [3.05, 3.63) is 46.8 Å². The van der Waals surface area contributed by atoms with Crippen LogP contribution < -0.4 is 10.1 Å². The molecular weight excluding hydrogens is 342 g/mol. The number of likely N-dealkylation sites (tertiary alicyclic amines) is 1. The molecule has 0 atom stereocenters. The van der Waals surface area contributed by atoms with Gasteiger partial charge in [-0.3, -0.25) is 4.79 Å². The number of hydrogen-bond acceptors (Lipinski definition) is 5. The van der Waals surface area contributed by atoms with Crippen LogP contribution in [-0.2, 0) is 6.61 Å². The number of carbonyl (C=O) groups excluding carboxylic acids is 1. The van der Waals surface area contributed by atoms with E-state index in [-0.39, 0.29) is 5.91 Å². The molecule has 0 spiro atoms. The highest BCUT2D eigenvalue weighted by molar-refractivity contribution is 5.94. The van der Waals surface area contributed by atoms with Crippen LogP contribution in [0.4, 0.5) is 0 Å². The Morgan fingerprint density at radius 2 is 2.00 bits per heavy atom. The van der Waals surface area contributed by atoms with Gasteiger partial charge in [-0.05, 0) is 58.0 Å². The van der Waals surface area contributed by atoms with Gasteiger partial charge in [0, 0.05) is 18.7 Å². The Balaban J connectivity index is 1.49. The summed E-state index contributed by atoms with van der Waals surface area (Å²) in [4.78, 5) is 14.9. The van der Waals surface area contributed by atoms with E-state index in [1.165, 1.54) is 25.7 Å². The van der Waals surface area contributed by atoms with Gasteiger partial charge < -0.3 is 19.5 Å². The van der Waals surface area contributed by atoms with Gasteiger partial charge in [-0.15, -0.1) is 0 Å². The third kappa shape index (κ3) is 5.57. The Morgan fingerprint density at radius 1 is 1.22 bits per heavy atom. The second-order valence-corrected chi connectivity index (χ2v) is 7.13. The molecule has 1 fully saturated rings. The van der Waals surface area contributed by atoms with Gasteiger partial charge in [0.05, 0.1) is 11.3 Å². The number of aryl methyl sites for hydroxylation is 2. The second kappa shape index (κ2) is 9.55. The van der Waals surface area contributed by atoms with Crippen LogP contribution in [0, 0.1) is 13.8 Å². The van der Waals surface area contributed by atoms with Crippen molar-refractivity contribution in [1.82, 2.24) is 15.4 Å². The molecule has 1 saturated heterocycles. The van der Waals surface area contributed by atoms with E-state index in [1.54, 1.807) is 6.07 Å².